The van der Waals surface area contributed by atoms with Gasteiger partial charge in [-0.15, -0.1) is 0 Å². The van der Waals surface area contributed by atoms with Crippen molar-refractivity contribution in [1.82, 2.24) is 4.72 Å². The summed E-state index contributed by atoms with van der Waals surface area (Å²) in [6, 6.07) is 21.1. The van der Waals surface area contributed by atoms with E-state index in [1.165, 1.54) is 0 Å². The molecule has 0 unspecified atom stereocenters. The van der Waals surface area contributed by atoms with Crippen molar-refractivity contribution < 1.29 is 13.2 Å². The Balaban J connectivity index is 1.57. The molecule has 1 heterocycles. The third kappa shape index (κ3) is 4.41. The summed E-state index contributed by atoms with van der Waals surface area (Å²) in [6.07, 6.45) is 1.50. The van der Waals surface area contributed by atoms with Gasteiger partial charge in [-0.05, 0) is 66.4 Å². The summed E-state index contributed by atoms with van der Waals surface area (Å²) < 4.78 is 28.2. The van der Waals surface area contributed by atoms with E-state index in [-0.39, 0.29) is 17.3 Å². The molecule has 0 aromatic heterocycles. The normalized spacial score (nSPS) is 13.7. The number of nitrogens with zero attached hydrogens (tertiary/aromatic N) is 1. The Labute approximate surface area is 181 Å². The van der Waals surface area contributed by atoms with Gasteiger partial charge in [0.05, 0.1) is 4.90 Å². The molecule has 3 aromatic carbocycles. The van der Waals surface area contributed by atoms with E-state index in [1.807, 2.05) is 30.3 Å². The summed E-state index contributed by atoms with van der Waals surface area (Å²) in [5.41, 5.74) is 3.04. The second-order valence-corrected chi connectivity index (χ2v) is 9.37. The number of halogens is 1. The van der Waals surface area contributed by atoms with E-state index in [0.717, 1.165) is 29.7 Å². The second kappa shape index (κ2) is 8.60. The molecule has 0 spiro atoms. The van der Waals surface area contributed by atoms with Crippen molar-refractivity contribution in [3.8, 4) is 0 Å². The fraction of sp³-hybridized carbons (Fsp3) is 0.174. The summed E-state index contributed by atoms with van der Waals surface area (Å²) in [7, 11) is -3.65. The van der Waals surface area contributed by atoms with Crippen LogP contribution in [0.2, 0.25) is 5.02 Å². The molecule has 1 N–H and O–H groups in total. The lowest BCUT2D eigenvalue weighted by atomic mass is 10.0. The SMILES string of the molecule is O=C(c1ccc(Cl)cc1)N1CCCc2cc(S(=O)(=O)NCc3ccccc3)ccc21. The monoisotopic (exact) mass is 440 g/mol. The molecule has 0 atom stereocenters. The molecule has 3 aromatic rings. The quantitative estimate of drug-likeness (QED) is 0.639. The number of carbonyl (C=O) groups excluding carboxylic acids is 1. The molecule has 5 nitrogen and oxygen atoms in total. The average molecular weight is 441 g/mol. The third-order valence-electron chi connectivity index (χ3n) is 5.13. The highest BCUT2D eigenvalue weighted by Gasteiger charge is 2.25. The van der Waals surface area contributed by atoms with Crippen molar-refractivity contribution in [2.24, 2.45) is 0 Å². The molecule has 0 fully saturated rings. The van der Waals surface area contributed by atoms with Crippen LogP contribution < -0.4 is 9.62 Å². The van der Waals surface area contributed by atoms with Crippen molar-refractivity contribution in [3.63, 3.8) is 0 Å². The number of rotatable bonds is 5. The Hall–Kier alpha value is -2.67. The molecular weight excluding hydrogens is 420 g/mol. The highest BCUT2D eigenvalue weighted by molar-refractivity contribution is 7.89. The number of amides is 1. The van der Waals surface area contributed by atoms with Crippen molar-refractivity contribution >= 4 is 33.2 Å². The lowest BCUT2D eigenvalue weighted by Gasteiger charge is -2.30. The molecule has 4 rings (SSSR count). The highest BCUT2D eigenvalue weighted by Crippen LogP contribution is 2.31. The smallest absolute Gasteiger partial charge is 0.258 e. The fourth-order valence-corrected chi connectivity index (χ4v) is 4.75. The van der Waals surface area contributed by atoms with Crippen LogP contribution in [-0.2, 0) is 23.0 Å². The molecule has 0 aliphatic carbocycles. The number of sulfonamides is 1. The molecule has 0 saturated heterocycles. The van der Waals surface area contributed by atoms with Gasteiger partial charge in [0, 0.05) is 29.4 Å². The first-order valence-corrected chi connectivity index (χ1v) is 11.5. The van der Waals surface area contributed by atoms with Gasteiger partial charge in [0.25, 0.3) is 5.91 Å². The van der Waals surface area contributed by atoms with E-state index in [1.54, 1.807) is 47.4 Å². The minimum Gasteiger partial charge on any atom is -0.308 e. The second-order valence-electron chi connectivity index (χ2n) is 7.17. The maximum absolute atomic E-state index is 13.0. The van der Waals surface area contributed by atoms with Crippen LogP contribution in [0.4, 0.5) is 5.69 Å². The molecule has 7 heteroatoms. The molecule has 0 saturated carbocycles. The number of nitrogens with one attached hydrogen (secondary N) is 1. The van der Waals surface area contributed by atoms with Crippen LogP contribution in [0.25, 0.3) is 0 Å². The van der Waals surface area contributed by atoms with Gasteiger partial charge < -0.3 is 4.90 Å². The number of hydrogen-bond acceptors (Lipinski definition) is 3. The first-order chi connectivity index (χ1) is 14.4. The van der Waals surface area contributed by atoms with Gasteiger partial charge in [-0.2, -0.15) is 0 Å². The maximum Gasteiger partial charge on any atom is 0.258 e. The lowest BCUT2D eigenvalue weighted by Crippen LogP contribution is -2.35. The molecule has 0 radical (unpaired) electrons. The number of hydrogen-bond donors (Lipinski definition) is 1. The van der Waals surface area contributed by atoms with E-state index in [4.69, 9.17) is 11.6 Å². The van der Waals surface area contributed by atoms with Crippen LogP contribution in [0, 0.1) is 0 Å². The Kier molecular flexibility index (Phi) is 5.90. The third-order valence-corrected chi connectivity index (χ3v) is 6.78. The first-order valence-electron chi connectivity index (χ1n) is 9.68. The number of fused-ring (bicyclic) bond motifs is 1. The summed E-state index contributed by atoms with van der Waals surface area (Å²) in [6.45, 7) is 0.814. The Bertz CT molecular complexity index is 1160. The van der Waals surface area contributed by atoms with Crippen LogP contribution in [0.15, 0.2) is 77.7 Å². The van der Waals surface area contributed by atoms with Crippen molar-refractivity contribution in [3.05, 3.63) is 94.5 Å². The van der Waals surface area contributed by atoms with Crippen LogP contribution in [-0.4, -0.2) is 20.9 Å². The van der Waals surface area contributed by atoms with Crippen LogP contribution in [0.3, 0.4) is 0 Å². The molecule has 0 bridgehead atoms. The van der Waals surface area contributed by atoms with Gasteiger partial charge in [0.15, 0.2) is 0 Å². The number of benzene rings is 3. The lowest BCUT2D eigenvalue weighted by molar-refractivity contribution is 0.0985. The van der Waals surface area contributed by atoms with E-state index >= 15 is 0 Å². The number of carbonyl (C=O) groups is 1. The number of anilines is 1. The summed E-state index contributed by atoms with van der Waals surface area (Å²) in [5, 5.41) is 0.573. The standard InChI is InChI=1S/C23H21ClN2O3S/c24-20-10-8-18(9-11-20)23(27)26-14-4-7-19-15-21(12-13-22(19)26)30(28,29)25-16-17-5-2-1-3-6-17/h1-3,5-6,8-13,15,25H,4,7,14,16H2. The zero-order valence-corrected chi connectivity index (χ0v) is 17.8. The van der Waals surface area contributed by atoms with Gasteiger partial charge in [0.1, 0.15) is 0 Å². The maximum atomic E-state index is 13.0. The van der Waals surface area contributed by atoms with Crippen molar-refractivity contribution in [2.45, 2.75) is 24.3 Å². The molecular formula is C23H21ClN2O3S. The van der Waals surface area contributed by atoms with Gasteiger partial charge in [-0.3, -0.25) is 4.79 Å². The van der Waals surface area contributed by atoms with E-state index in [0.29, 0.717) is 17.1 Å². The minimum absolute atomic E-state index is 0.120. The van der Waals surface area contributed by atoms with Gasteiger partial charge >= 0.3 is 0 Å². The van der Waals surface area contributed by atoms with Gasteiger partial charge in [-0.25, -0.2) is 13.1 Å². The van der Waals surface area contributed by atoms with E-state index in [2.05, 4.69) is 4.72 Å². The van der Waals surface area contributed by atoms with Gasteiger partial charge in [-0.1, -0.05) is 41.9 Å². The Morgan fingerprint density at radius 3 is 2.47 bits per heavy atom. The fourth-order valence-electron chi connectivity index (χ4n) is 3.56. The Morgan fingerprint density at radius 1 is 1.00 bits per heavy atom. The summed E-state index contributed by atoms with van der Waals surface area (Å²) >= 11 is 5.92. The highest BCUT2D eigenvalue weighted by atomic mass is 35.5. The van der Waals surface area contributed by atoms with Crippen LogP contribution in [0.1, 0.15) is 27.9 Å². The molecule has 1 aliphatic rings. The molecule has 154 valence electrons. The largest absolute Gasteiger partial charge is 0.308 e. The van der Waals surface area contributed by atoms with E-state index < -0.39 is 10.0 Å². The van der Waals surface area contributed by atoms with Crippen molar-refractivity contribution in [2.75, 3.05) is 11.4 Å². The average Bonchev–Trinajstić information content (AvgIpc) is 2.78. The van der Waals surface area contributed by atoms with Crippen molar-refractivity contribution in [1.29, 1.82) is 0 Å². The first kappa shape index (κ1) is 20.6. The zero-order valence-electron chi connectivity index (χ0n) is 16.2. The molecule has 30 heavy (non-hydrogen) atoms. The van der Waals surface area contributed by atoms with Crippen LogP contribution in [0.5, 0.6) is 0 Å². The Morgan fingerprint density at radius 2 is 1.73 bits per heavy atom. The topological polar surface area (TPSA) is 66.5 Å². The minimum atomic E-state index is -3.65. The summed E-state index contributed by atoms with van der Waals surface area (Å²) in [4.78, 5) is 14.9. The predicted octanol–water partition coefficient (Wildman–Crippen LogP) is 4.41. The molecule has 1 aliphatic heterocycles. The predicted molar refractivity (Wildman–Crippen MR) is 118 cm³/mol. The van der Waals surface area contributed by atoms with E-state index in [9.17, 15) is 13.2 Å². The zero-order chi connectivity index (χ0) is 21.1. The summed E-state index contributed by atoms with van der Waals surface area (Å²) in [5.74, 6) is -0.120. The van der Waals surface area contributed by atoms with Crippen LogP contribution >= 0.6 is 11.6 Å². The molecule has 1 amide bonds. The number of aryl methyl sites for hydroxylation is 1. The van der Waals surface area contributed by atoms with Gasteiger partial charge in [0.2, 0.25) is 10.0 Å².